The SMILES string of the molecule is O=C(CC1=CCCCC1)N1CC[C@@H](C2CCN(Cc3cccnc3)CC2)C1. The van der Waals surface area contributed by atoms with Crippen molar-refractivity contribution in [2.75, 3.05) is 26.2 Å². The first-order valence-corrected chi connectivity index (χ1v) is 10.8. The molecule has 0 bridgehead atoms. The quantitative estimate of drug-likeness (QED) is 0.737. The van der Waals surface area contributed by atoms with Crippen LogP contribution in [-0.2, 0) is 11.3 Å². The molecule has 2 aliphatic heterocycles. The van der Waals surface area contributed by atoms with Crippen LogP contribution in [0.15, 0.2) is 36.2 Å². The number of piperidine rings is 1. The number of pyridine rings is 1. The summed E-state index contributed by atoms with van der Waals surface area (Å²) in [5.41, 5.74) is 2.70. The monoisotopic (exact) mass is 367 g/mol. The molecule has 0 radical (unpaired) electrons. The number of allylic oxidation sites excluding steroid dienone is 1. The van der Waals surface area contributed by atoms with Crippen molar-refractivity contribution in [3.8, 4) is 0 Å². The Kier molecular flexibility index (Phi) is 6.23. The number of rotatable bonds is 5. The van der Waals surface area contributed by atoms with E-state index in [4.69, 9.17) is 0 Å². The summed E-state index contributed by atoms with van der Waals surface area (Å²) in [4.78, 5) is 21.6. The highest BCUT2D eigenvalue weighted by Gasteiger charge is 2.33. The van der Waals surface area contributed by atoms with Crippen LogP contribution in [0.5, 0.6) is 0 Å². The first-order valence-electron chi connectivity index (χ1n) is 10.8. The van der Waals surface area contributed by atoms with Gasteiger partial charge in [0.25, 0.3) is 0 Å². The van der Waals surface area contributed by atoms with Crippen LogP contribution in [0.3, 0.4) is 0 Å². The molecule has 4 rings (SSSR count). The summed E-state index contributed by atoms with van der Waals surface area (Å²) in [6.07, 6.45) is 15.4. The van der Waals surface area contributed by atoms with E-state index in [1.54, 1.807) is 0 Å². The van der Waals surface area contributed by atoms with Gasteiger partial charge in [0.2, 0.25) is 5.91 Å². The van der Waals surface area contributed by atoms with Crippen LogP contribution < -0.4 is 0 Å². The zero-order valence-electron chi connectivity index (χ0n) is 16.5. The van der Waals surface area contributed by atoms with Crippen LogP contribution in [0.1, 0.15) is 56.9 Å². The third-order valence-corrected chi connectivity index (χ3v) is 6.77. The lowest BCUT2D eigenvalue weighted by molar-refractivity contribution is -0.129. The highest BCUT2D eigenvalue weighted by Crippen LogP contribution is 2.33. The van der Waals surface area contributed by atoms with E-state index in [1.165, 1.54) is 62.8 Å². The average Bonchev–Trinajstić information content (AvgIpc) is 3.21. The number of amides is 1. The predicted octanol–water partition coefficient (Wildman–Crippen LogP) is 4.03. The van der Waals surface area contributed by atoms with Gasteiger partial charge in [0.05, 0.1) is 0 Å². The molecule has 0 spiro atoms. The molecular weight excluding hydrogens is 334 g/mol. The van der Waals surface area contributed by atoms with E-state index in [9.17, 15) is 4.79 Å². The molecule has 3 aliphatic rings. The fourth-order valence-corrected chi connectivity index (χ4v) is 5.10. The van der Waals surface area contributed by atoms with Gasteiger partial charge in [-0.2, -0.15) is 0 Å². The minimum atomic E-state index is 0.375. The van der Waals surface area contributed by atoms with Crippen LogP contribution in [0.4, 0.5) is 0 Å². The van der Waals surface area contributed by atoms with Gasteiger partial charge in [0, 0.05) is 38.4 Å². The Hall–Kier alpha value is -1.68. The summed E-state index contributed by atoms with van der Waals surface area (Å²) in [6.45, 7) is 5.35. The summed E-state index contributed by atoms with van der Waals surface area (Å²) in [5.74, 6) is 1.89. The molecule has 1 aliphatic carbocycles. The highest BCUT2D eigenvalue weighted by atomic mass is 16.2. The van der Waals surface area contributed by atoms with E-state index < -0.39 is 0 Å². The lowest BCUT2D eigenvalue weighted by Crippen LogP contribution is -2.37. The van der Waals surface area contributed by atoms with Gasteiger partial charge in [-0.1, -0.05) is 17.7 Å². The molecule has 0 saturated carbocycles. The van der Waals surface area contributed by atoms with Gasteiger partial charge in [-0.25, -0.2) is 0 Å². The zero-order valence-corrected chi connectivity index (χ0v) is 16.5. The van der Waals surface area contributed by atoms with Crippen LogP contribution in [0.2, 0.25) is 0 Å². The third-order valence-electron chi connectivity index (χ3n) is 6.77. The van der Waals surface area contributed by atoms with Gasteiger partial charge < -0.3 is 4.90 Å². The molecule has 2 fully saturated rings. The van der Waals surface area contributed by atoms with E-state index in [1.807, 2.05) is 18.5 Å². The first kappa shape index (κ1) is 18.7. The van der Waals surface area contributed by atoms with Crippen molar-refractivity contribution in [3.05, 3.63) is 41.7 Å². The van der Waals surface area contributed by atoms with Gasteiger partial charge >= 0.3 is 0 Å². The molecule has 4 nitrogen and oxygen atoms in total. The second-order valence-corrected chi connectivity index (χ2v) is 8.65. The molecule has 0 aromatic carbocycles. The molecule has 1 aromatic heterocycles. The van der Waals surface area contributed by atoms with Crippen LogP contribution in [0.25, 0.3) is 0 Å². The van der Waals surface area contributed by atoms with Gasteiger partial charge in [-0.3, -0.25) is 14.7 Å². The highest BCUT2D eigenvalue weighted by molar-refractivity contribution is 5.79. The molecule has 0 unspecified atom stereocenters. The lowest BCUT2D eigenvalue weighted by atomic mass is 9.83. The first-order chi connectivity index (χ1) is 13.3. The number of hydrogen-bond donors (Lipinski definition) is 0. The standard InChI is InChI=1S/C23H33N3O/c27-23(15-19-5-2-1-3-6-19)26-14-10-22(18-26)21-8-12-25(13-9-21)17-20-7-4-11-24-16-20/h4-5,7,11,16,21-22H,1-3,6,8-10,12-15,17-18H2/t22-/m1/s1. The summed E-state index contributed by atoms with van der Waals surface area (Å²) in [6, 6.07) is 4.19. The fraction of sp³-hybridized carbons (Fsp3) is 0.652. The van der Waals surface area contributed by atoms with Crippen molar-refractivity contribution < 1.29 is 4.79 Å². The second kappa shape index (κ2) is 9.01. The van der Waals surface area contributed by atoms with Crippen molar-refractivity contribution in [1.82, 2.24) is 14.8 Å². The molecule has 4 heteroatoms. The largest absolute Gasteiger partial charge is 0.342 e. The number of carbonyl (C=O) groups is 1. The summed E-state index contributed by atoms with van der Waals surface area (Å²) in [7, 11) is 0. The summed E-state index contributed by atoms with van der Waals surface area (Å²) in [5, 5.41) is 0. The second-order valence-electron chi connectivity index (χ2n) is 8.65. The zero-order chi connectivity index (χ0) is 18.5. The molecular formula is C23H33N3O. The van der Waals surface area contributed by atoms with Crippen LogP contribution in [0, 0.1) is 11.8 Å². The molecule has 0 N–H and O–H groups in total. The smallest absolute Gasteiger partial charge is 0.226 e. The minimum absolute atomic E-state index is 0.375. The fourth-order valence-electron chi connectivity index (χ4n) is 5.10. The number of nitrogens with zero attached hydrogens (tertiary/aromatic N) is 3. The Balaban J connectivity index is 1.21. The maximum absolute atomic E-state index is 12.7. The Morgan fingerprint density at radius 2 is 1.96 bits per heavy atom. The number of carbonyl (C=O) groups excluding carboxylic acids is 1. The topological polar surface area (TPSA) is 36.4 Å². The van der Waals surface area contributed by atoms with E-state index >= 15 is 0 Å². The Morgan fingerprint density at radius 3 is 2.70 bits per heavy atom. The predicted molar refractivity (Wildman–Crippen MR) is 108 cm³/mol. The van der Waals surface area contributed by atoms with Gasteiger partial charge in [0.1, 0.15) is 0 Å². The average molecular weight is 368 g/mol. The van der Waals surface area contributed by atoms with Crippen molar-refractivity contribution in [3.63, 3.8) is 0 Å². The molecule has 27 heavy (non-hydrogen) atoms. The molecule has 146 valence electrons. The van der Waals surface area contributed by atoms with E-state index in [-0.39, 0.29) is 0 Å². The van der Waals surface area contributed by atoms with E-state index in [0.29, 0.717) is 12.3 Å². The van der Waals surface area contributed by atoms with E-state index in [2.05, 4.69) is 26.9 Å². The summed E-state index contributed by atoms with van der Waals surface area (Å²) >= 11 is 0. The Labute approximate surface area is 163 Å². The van der Waals surface area contributed by atoms with Gasteiger partial charge in [0.15, 0.2) is 0 Å². The lowest BCUT2D eigenvalue weighted by Gasteiger charge is -2.34. The normalized spacial score (nSPS) is 24.8. The number of likely N-dealkylation sites (tertiary alicyclic amines) is 2. The van der Waals surface area contributed by atoms with Gasteiger partial charge in [-0.15, -0.1) is 0 Å². The molecule has 1 amide bonds. The number of hydrogen-bond acceptors (Lipinski definition) is 3. The molecule has 2 saturated heterocycles. The molecule has 1 aromatic rings. The number of aromatic nitrogens is 1. The van der Waals surface area contributed by atoms with Crippen LogP contribution >= 0.6 is 0 Å². The van der Waals surface area contributed by atoms with Crippen molar-refractivity contribution in [2.45, 2.75) is 57.9 Å². The van der Waals surface area contributed by atoms with E-state index in [0.717, 1.165) is 37.9 Å². The Morgan fingerprint density at radius 1 is 1.11 bits per heavy atom. The van der Waals surface area contributed by atoms with Crippen LogP contribution in [-0.4, -0.2) is 46.9 Å². The van der Waals surface area contributed by atoms with Crippen molar-refractivity contribution >= 4 is 5.91 Å². The molecule has 1 atom stereocenters. The third kappa shape index (κ3) is 4.98. The molecule has 3 heterocycles. The maximum Gasteiger partial charge on any atom is 0.226 e. The minimum Gasteiger partial charge on any atom is -0.342 e. The van der Waals surface area contributed by atoms with Gasteiger partial charge in [-0.05, 0) is 81.5 Å². The summed E-state index contributed by atoms with van der Waals surface area (Å²) < 4.78 is 0. The maximum atomic E-state index is 12.7. The van der Waals surface area contributed by atoms with Crippen molar-refractivity contribution in [1.29, 1.82) is 0 Å². The Bertz CT molecular complexity index is 649. The van der Waals surface area contributed by atoms with Crippen molar-refractivity contribution in [2.24, 2.45) is 11.8 Å².